The molecule has 1 aromatic rings. The third kappa shape index (κ3) is 10.6. The zero-order valence-electron chi connectivity index (χ0n) is 15.8. The van der Waals surface area contributed by atoms with Gasteiger partial charge < -0.3 is 24.8 Å². The first-order valence-electron chi connectivity index (χ1n) is 9.03. The highest BCUT2D eigenvalue weighted by molar-refractivity contribution is 5.79. The fourth-order valence-corrected chi connectivity index (χ4v) is 2.18. The van der Waals surface area contributed by atoms with Gasteiger partial charge in [0.1, 0.15) is 5.75 Å². The van der Waals surface area contributed by atoms with Gasteiger partial charge in [-0.05, 0) is 37.0 Å². The lowest BCUT2D eigenvalue weighted by atomic mass is 10.1. The average molecular weight is 351 g/mol. The smallest absolute Gasteiger partial charge is 0.190 e. The first kappa shape index (κ1) is 21.3. The highest BCUT2D eigenvalue weighted by Gasteiger charge is 2.00. The maximum Gasteiger partial charge on any atom is 0.190 e. The van der Waals surface area contributed by atoms with Gasteiger partial charge in [0, 0.05) is 33.9 Å². The largest absolute Gasteiger partial charge is 0.494 e. The molecule has 0 saturated carbocycles. The molecule has 0 aliphatic carbocycles. The van der Waals surface area contributed by atoms with Gasteiger partial charge in [-0.3, -0.25) is 4.99 Å². The molecule has 0 aliphatic rings. The molecule has 6 nitrogen and oxygen atoms in total. The summed E-state index contributed by atoms with van der Waals surface area (Å²) in [6.45, 7) is 6.52. The molecule has 0 aromatic heterocycles. The van der Waals surface area contributed by atoms with Gasteiger partial charge in [0.05, 0.1) is 19.8 Å². The van der Waals surface area contributed by atoms with E-state index >= 15 is 0 Å². The van der Waals surface area contributed by atoms with Gasteiger partial charge in [-0.2, -0.15) is 0 Å². The fraction of sp³-hybridized carbons (Fsp3) is 0.632. The van der Waals surface area contributed by atoms with Crippen molar-refractivity contribution in [2.24, 2.45) is 4.99 Å². The van der Waals surface area contributed by atoms with Crippen LogP contribution in [0.4, 0.5) is 0 Å². The Morgan fingerprint density at radius 2 is 1.92 bits per heavy atom. The summed E-state index contributed by atoms with van der Waals surface area (Å²) in [7, 11) is 3.46. The van der Waals surface area contributed by atoms with Crippen LogP contribution >= 0.6 is 0 Å². The molecule has 142 valence electrons. The minimum absolute atomic E-state index is 0.640. The first-order valence-corrected chi connectivity index (χ1v) is 9.03. The summed E-state index contributed by atoms with van der Waals surface area (Å²) in [5.74, 6) is 1.76. The molecule has 0 aliphatic heterocycles. The number of guanidine groups is 1. The van der Waals surface area contributed by atoms with Crippen molar-refractivity contribution in [3.8, 4) is 5.75 Å². The van der Waals surface area contributed by atoms with E-state index in [9.17, 15) is 0 Å². The second-order valence-corrected chi connectivity index (χ2v) is 5.63. The van der Waals surface area contributed by atoms with Crippen LogP contribution in [0.15, 0.2) is 29.3 Å². The minimum Gasteiger partial charge on any atom is -0.494 e. The van der Waals surface area contributed by atoms with Crippen LogP contribution in [0.2, 0.25) is 0 Å². The lowest BCUT2D eigenvalue weighted by Crippen LogP contribution is -2.39. The Morgan fingerprint density at radius 3 is 2.68 bits per heavy atom. The zero-order valence-corrected chi connectivity index (χ0v) is 15.8. The minimum atomic E-state index is 0.640. The van der Waals surface area contributed by atoms with E-state index in [-0.39, 0.29) is 0 Å². The molecule has 1 rings (SSSR count). The molecule has 0 fully saturated rings. The van der Waals surface area contributed by atoms with Gasteiger partial charge in [0.25, 0.3) is 0 Å². The Labute approximate surface area is 152 Å². The van der Waals surface area contributed by atoms with E-state index in [2.05, 4.69) is 34.7 Å². The number of methoxy groups -OCH3 is 1. The summed E-state index contributed by atoms with van der Waals surface area (Å²) < 4.78 is 16.0. The molecule has 6 heteroatoms. The number of hydrogen-bond acceptors (Lipinski definition) is 4. The Balaban J connectivity index is 2.18. The first-order chi connectivity index (χ1) is 12.3. The van der Waals surface area contributed by atoms with Crippen molar-refractivity contribution >= 4 is 5.96 Å². The Morgan fingerprint density at radius 1 is 1.08 bits per heavy atom. The monoisotopic (exact) mass is 351 g/mol. The standard InChI is InChI=1S/C19H33N3O3/c1-4-12-25-18-8-5-7-17(16-18)9-11-22-19(20-2)21-10-6-13-24-15-14-23-3/h5,7-8,16H,4,6,9-15H2,1-3H3,(H2,20,21,22). The molecule has 0 heterocycles. The SMILES string of the molecule is CCCOc1cccc(CCNC(=NC)NCCCOCCOC)c1. The maximum absolute atomic E-state index is 5.67. The van der Waals surface area contributed by atoms with Gasteiger partial charge >= 0.3 is 0 Å². The summed E-state index contributed by atoms with van der Waals surface area (Å²) in [5, 5.41) is 6.62. The molecule has 0 atom stereocenters. The Hall–Kier alpha value is -1.79. The van der Waals surface area contributed by atoms with Gasteiger partial charge in [0.15, 0.2) is 5.96 Å². The van der Waals surface area contributed by atoms with Crippen LogP contribution in [-0.4, -0.2) is 59.6 Å². The van der Waals surface area contributed by atoms with Gasteiger partial charge in [-0.25, -0.2) is 0 Å². The van der Waals surface area contributed by atoms with Crippen LogP contribution in [0, 0.1) is 0 Å². The van der Waals surface area contributed by atoms with Crippen molar-refractivity contribution in [1.29, 1.82) is 0 Å². The molecule has 0 unspecified atom stereocenters. The highest BCUT2D eigenvalue weighted by atomic mass is 16.5. The Bertz CT molecular complexity index is 481. The van der Waals surface area contributed by atoms with Gasteiger partial charge in [0.2, 0.25) is 0 Å². The second-order valence-electron chi connectivity index (χ2n) is 5.63. The third-order valence-electron chi connectivity index (χ3n) is 3.49. The maximum atomic E-state index is 5.67. The number of hydrogen-bond donors (Lipinski definition) is 2. The van der Waals surface area contributed by atoms with Crippen LogP contribution in [0.1, 0.15) is 25.3 Å². The summed E-state index contributed by atoms with van der Waals surface area (Å²) in [4.78, 5) is 4.23. The molecule has 0 radical (unpaired) electrons. The number of nitrogens with one attached hydrogen (secondary N) is 2. The topological polar surface area (TPSA) is 64.1 Å². The van der Waals surface area contributed by atoms with Crippen LogP contribution < -0.4 is 15.4 Å². The number of rotatable bonds is 13. The van der Waals surface area contributed by atoms with E-state index in [4.69, 9.17) is 14.2 Å². The van der Waals surface area contributed by atoms with E-state index < -0.39 is 0 Å². The van der Waals surface area contributed by atoms with Crippen molar-refractivity contribution in [1.82, 2.24) is 10.6 Å². The number of ether oxygens (including phenoxy) is 3. The summed E-state index contributed by atoms with van der Waals surface area (Å²) in [6, 6.07) is 8.26. The van der Waals surface area contributed by atoms with Crippen molar-refractivity contribution < 1.29 is 14.2 Å². The molecular weight excluding hydrogens is 318 g/mol. The van der Waals surface area contributed by atoms with E-state index in [0.29, 0.717) is 13.2 Å². The normalized spacial score (nSPS) is 11.4. The number of benzene rings is 1. The molecule has 2 N–H and O–H groups in total. The summed E-state index contributed by atoms with van der Waals surface area (Å²) in [6.07, 6.45) is 2.87. The Kier molecular flexibility index (Phi) is 12.4. The van der Waals surface area contributed by atoms with E-state index in [1.54, 1.807) is 14.2 Å². The van der Waals surface area contributed by atoms with Crippen molar-refractivity contribution in [2.75, 3.05) is 53.7 Å². The quantitative estimate of drug-likeness (QED) is 0.324. The molecule has 25 heavy (non-hydrogen) atoms. The fourth-order valence-electron chi connectivity index (χ4n) is 2.18. The number of aliphatic imine (C=N–C) groups is 1. The van der Waals surface area contributed by atoms with Crippen molar-refractivity contribution in [2.45, 2.75) is 26.2 Å². The van der Waals surface area contributed by atoms with E-state index in [1.807, 2.05) is 12.1 Å². The molecule has 0 spiro atoms. The van der Waals surface area contributed by atoms with Crippen LogP contribution in [0.25, 0.3) is 0 Å². The summed E-state index contributed by atoms with van der Waals surface area (Å²) >= 11 is 0. The lowest BCUT2D eigenvalue weighted by molar-refractivity contribution is 0.0698. The average Bonchev–Trinajstić information content (AvgIpc) is 2.64. The molecule has 1 aromatic carbocycles. The van der Waals surface area contributed by atoms with E-state index in [0.717, 1.165) is 57.3 Å². The van der Waals surface area contributed by atoms with Crippen LogP contribution in [0.3, 0.4) is 0 Å². The van der Waals surface area contributed by atoms with Gasteiger partial charge in [-0.15, -0.1) is 0 Å². The van der Waals surface area contributed by atoms with E-state index in [1.165, 1.54) is 5.56 Å². The van der Waals surface area contributed by atoms with Crippen LogP contribution in [0.5, 0.6) is 5.75 Å². The molecule has 0 saturated heterocycles. The van der Waals surface area contributed by atoms with Gasteiger partial charge in [-0.1, -0.05) is 19.1 Å². The lowest BCUT2D eigenvalue weighted by Gasteiger charge is -2.12. The molecule has 0 bridgehead atoms. The predicted molar refractivity (Wildman–Crippen MR) is 103 cm³/mol. The third-order valence-corrected chi connectivity index (χ3v) is 3.49. The van der Waals surface area contributed by atoms with Crippen molar-refractivity contribution in [3.63, 3.8) is 0 Å². The predicted octanol–water partition coefficient (Wildman–Crippen LogP) is 2.24. The summed E-state index contributed by atoms with van der Waals surface area (Å²) in [5.41, 5.74) is 1.25. The molecule has 0 amide bonds. The molecular formula is C19H33N3O3. The van der Waals surface area contributed by atoms with Crippen LogP contribution in [-0.2, 0) is 15.9 Å². The second kappa shape index (κ2) is 14.5. The highest BCUT2D eigenvalue weighted by Crippen LogP contribution is 2.13. The zero-order chi connectivity index (χ0) is 18.2. The van der Waals surface area contributed by atoms with Crippen molar-refractivity contribution in [3.05, 3.63) is 29.8 Å². The number of nitrogens with zero attached hydrogens (tertiary/aromatic N) is 1.